The van der Waals surface area contributed by atoms with Crippen molar-refractivity contribution in [3.05, 3.63) is 142 Å². The zero-order valence-corrected chi connectivity index (χ0v) is 45.6. The topological polar surface area (TPSA) is 136 Å². The first-order valence-electron chi connectivity index (χ1n) is 26.7. The summed E-state index contributed by atoms with van der Waals surface area (Å²) in [4.78, 5) is 32.4. The van der Waals surface area contributed by atoms with Crippen LogP contribution in [0.4, 0.5) is 0 Å². The summed E-state index contributed by atoms with van der Waals surface area (Å²) in [6.07, 6.45) is 6.57. The van der Waals surface area contributed by atoms with Crippen LogP contribution < -0.4 is 15.4 Å². The summed E-state index contributed by atoms with van der Waals surface area (Å²) in [5, 5.41) is 25.6. The molecule has 3 N–H and O–H groups in total. The molecule has 0 amide bonds. The number of ether oxygens (including phenoxy) is 1. The van der Waals surface area contributed by atoms with E-state index in [-0.39, 0.29) is 60.3 Å². The van der Waals surface area contributed by atoms with Gasteiger partial charge in [0.1, 0.15) is 17.3 Å². The molecule has 5 aliphatic rings. The number of likely N-dealkylation sites (tertiary alicyclic amines) is 2. The number of ketones is 1. The Kier molecular flexibility index (Phi) is 14.1. The summed E-state index contributed by atoms with van der Waals surface area (Å²) >= 11 is 13.3. The summed E-state index contributed by atoms with van der Waals surface area (Å²) in [7, 11) is 10.7. The lowest BCUT2D eigenvalue weighted by Gasteiger charge is -2.57. The molecule has 74 heavy (non-hydrogen) atoms. The van der Waals surface area contributed by atoms with Crippen molar-refractivity contribution in [2.24, 2.45) is 23.8 Å². The molecule has 2 aromatic heterocycles. The molecular formula is C58H72Cl2N12O2. The van der Waals surface area contributed by atoms with Crippen molar-refractivity contribution < 1.29 is 9.53 Å². The number of imidazole rings is 1. The van der Waals surface area contributed by atoms with E-state index in [0.29, 0.717) is 47.5 Å². The molecule has 4 aromatic carbocycles. The third-order valence-electron chi connectivity index (χ3n) is 18.4. The lowest BCUT2D eigenvalue weighted by Crippen LogP contribution is -2.73. The van der Waals surface area contributed by atoms with Gasteiger partial charge in [0.25, 0.3) is 0 Å². The number of rotatable bonds is 14. The Labute approximate surface area is 446 Å². The van der Waals surface area contributed by atoms with Crippen molar-refractivity contribution in [1.82, 2.24) is 60.4 Å². The number of tetrazole rings is 1. The maximum Gasteiger partial charge on any atom is 0.176 e. The van der Waals surface area contributed by atoms with Gasteiger partial charge in [-0.25, -0.2) is 4.98 Å². The Bertz CT molecular complexity index is 2920. The van der Waals surface area contributed by atoms with Crippen LogP contribution in [0, 0.1) is 16.7 Å². The van der Waals surface area contributed by atoms with Crippen LogP contribution in [-0.4, -0.2) is 145 Å². The monoisotopic (exact) mass is 1040 g/mol. The lowest BCUT2D eigenvalue weighted by atomic mass is 9.54. The number of carbonyl (C=O) groups excluding carboxylic acids is 1. The van der Waals surface area contributed by atoms with Gasteiger partial charge in [0, 0.05) is 102 Å². The van der Waals surface area contributed by atoms with Crippen LogP contribution in [0.5, 0.6) is 11.5 Å². The average Bonchev–Trinajstić information content (AvgIpc) is 4.20. The largest absolute Gasteiger partial charge is 0.457 e. The van der Waals surface area contributed by atoms with Crippen molar-refractivity contribution in [3.63, 3.8) is 0 Å². The molecular weight excluding hydrogens is 968 g/mol. The smallest absolute Gasteiger partial charge is 0.176 e. The minimum absolute atomic E-state index is 0.0320. The van der Waals surface area contributed by atoms with Crippen molar-refractivity contribution >= 4 is 29.0 Å². The number of hydrogen-bond acceptors (Lipinski definition) is 12. The summed E-state index contributed by atoms with van der Waals surface area (Å²) in [5.41, 5.74) is 4.07. The van der Waals surface area contributed by atoms with Crippen molar-refractivity contribution in [2.75, 3.05) is 34.7 Å². The van der Waals surface area contributed by atoms with Crippen LogP contribution in [0.15, 0.2) is 103 Å². The number of nitrogens with zero attached hydrogens (tertiary/aromatic N) is 9. The van der Waals surface area contributed by atoms with Gasteiger partial charge in [-0.3, -0.25) is 19.5 Å². The fourth-order valence-corrected chi connectivity index (χ4v) is 15.3. The number of halogens is 2. The van der Waals surface area contributed by atoms with Crippen LogP contribution in [0.3, 0.4) is 0 Å². The van der Waals surface area contributed by atoms with Crippen LogP contribution >= 0.6 is 23.2 Å². The highest BCUT2D eigenvalue weighted by atomic mass is 35.5. The maximum absolute atomic E-state index is 17.7. The van der Waals surface area contributed by atoms with E-state index in [0.717, 1.165) is 66.4 Å². The van der Waals surface area contributed by atoms with E-state index in [9.17, 15) is 0 Å². The summed E-state index contributed by atoms with van der Waals surface area (Å²) in [6, 6.07) is 32.9. The molecule has 6 aromatic rings. The van der Waals surface area contributed by atoms with Gasteiger partial charge in [-0.05, 0) is 140 Å². The number of carbonyl (C=O) groups is 1. The third-order valence-corrected chi connectivity index (χ3v) is 18.9. The molecule has 6 heterocycles. The molecule has 12 atom stereocenters. The number of aromatic nitrogens is 6. The Morgan fingerprint density at radius 1 is 0.851 bits per heavy atom. The van der Waals surface area contributed by atoms with Gasteiger partial charge >= 0.3 is 0 Å². The predicted octanol–water partition coefficient (Wildman–Crippen LogP) is 8.11. The number of Topliss-reactive ketones (excluding diaryl/α,β-unsaturated/α-hetero) is 1. The second-order valence-corrected chi connectivity index (χ2v) is 23.4. The van der Waals surface area contributed by atoms with E-state index in [1.807, 2.05) is 42.6 Å². The number of hydrogen-bond donors (Lipinski definition) is 3. The highest BCUT2D eigenvalue weighted by Crippen LogP contribution is 2.63. The molecule has 4 saturated heterocycles. The van der Waals surface area contributed by atoms with E-state index < -0.39 is 10.8 Å². The fraction of sp³-hybridized carbons (Fsp3) is 0.500. The first-order valence-corrected chi connectivity index (χ1v) is 27.4. The van der Waals surface area contributed by atoms with E-state index in [4.69, 9.17) is 32.9 Å². The maximum atomic E-state index is 17.7. The standard InChI is InChI=1S/C58H72Cl2N12O2/c1-9-57-50-27-41(25-37-13-11-10-12-14-37)54(57)69(6)35(2)31-61-49-29-44(26-38-15-20-42(59)21-16-38)70(7)55-46(30-51-64-66-67-65-51)63-53(58(49,55)56(57)73)36(3)72(50)33-40-17-22-43(60)28-48(40)74-45-23-18-39(19-24-45)47-32-62-52(71(47)8)34-68(4)5/h10-24,28,32,35-36,41,44,46,49-50,53-55,61,63H,9,25-27,29-31,33-34H2,1-8H3,(H,64,65,66,67)/t35-,36-,41+,44-,46-,49?,50?,53?,54?,55?,57?,58?/m0/s1. The van der Waals surface area contributed by atoms with Crippen LogP contribution in [-0.2, 0) is 44.2 Å². The minimum atomic E-state index is -0.838. The molecule has 2 bridgehead atoms. The molecule has 1 aliphatic carbocycles. The molecule has 14 nitrogen and oxygen atoms in total. The summed E-state index contributed by atoms with van der Waals surface area (Å²) < 4.78 is 9.08. The number of benzene rings is 4. The zero-order chi connectivity index (χ0) is 51.6. The number of piperidine rings is 1. The molecule has 4 aliphatic heterocycles. The van der Waals surface area contributed by atoms with Crippen molar-refractivity contribution in [1.29, 1.82) is 0 Å². The van der Waals surface area contributed by atoms with Gasteiger partial charge in [0.15, 0.2) is 11.6 Å². The first kappa shape index (κ1) is 51.1. The van der Waals surface area contributed by atoms with Crippen LogP contribution in [0.2, 0.25) is 10.0 Å². The predicted molar refractivity (Wildman–Crippen MR) is 291 cm³/mol. The molecule has 390 valence electrons. The quantitative estimate of drug-likeness (QED) is 0.0974. The molecule has 7 unspecified atom stereocenters. The molecule has 0 radical (unpaired) electrons. The van der Waals surface area contributed by atoms with E-state index >= 15 is 4.79 Å². The van der Waals surface area contributed by atoms with Gasteiger partial charge in [-0.2, -0.15) is 5.21 Å². The van der Waals surface area contributed by atoms with Crippen molar-refractivity contribution in [3.8, 4) is 22.8 Å². The lowest BCUT2D eigenvalue weighted by molar-refractivity contribution is -0.154. The van der Waals surface area contributed by atoms with Gasteiger partial charge in [0.2, 0.25) is 0 Å². The Hall–Kier alpha value is -5.03. The van der Waals surface area contributed by atoms with E-state index in [1.54, 1.807) is 0 Å². The minimum Gasteiger partial charge on any atom is -0.457 e. The first-order chi connectivity index (χ1) is 35.7. The van der Waals surface area contributed by atoms with E-state index in [1.165, 1.54) is 11.1 Å². The second-order valence-electron chi connectivity index (χ2n) is 22.5. The molecule has 5 fully saturated rings. The molecule has 1 saturated carbocycles. The van der Waals surface area contributed by atoms with Gasteiger partial charge < -0.3 is 24.8 Å². The average molecular weight is 1040 g/mol. The van der Waals surface area contributed by atoms with Crippen LogP contribution in [0.1, 0.15) is 68.4 Å². The molecule has 11 rings (SSSR count). The highest BCUT2D eigenvalue weighted by Gasteiger charge is 2.77. The van der Waals surface area contributed by atoms with Gasteiger partial charge in [-0.15, -0.1) is 10.2 Å². The SMILES string of the molecule is CCC12C(=O)C34C5C[C@H](Cc6ccc(Cl)cc6)N(C)C3[C@H](Cc3nn[nH]n3)NC4[C@H](C)N(Cc3ccc(Cl)cc3Oc3ccc(-c4cnc(CN(C)C)n4C)cc3)C1C[C@@H](Cc1ccccc1)C2N(C)[C@@H](C)CN5. The Morgan fingerprint density at radius 3 is 2.31 bits per heavy atom. The third kappa shape index (κ3) is 8.80. The normalized spacial score (nSPS) is 31.3. The van der Waals surface area contributed by atoms with Crippen molar-refractivity contribution in [2.45, 2.75) is 127 Å². The second kappa shape index (κ2) is 20.5. The summed E-state index contributed by atoms with van der Waals surface area (Å²) in [5.74, 6) is 3.66. The highest BCUT2D eigenvalue weighted by molar-refractivity contribution is 6.31. The number of likely N-dealkylation sites (N-methyl/N-ethyl adjacent to an activating group) is 2. The zero-order valence-electron chi connectivity index (χ0n) is 44.0. The van der Waals surface area contributed by atoms with Crippen LogP contribution in [0.25, 0.3) is 11.3 Å². The number of aromatic amines is 1. The fourth-order valence-electron chi connectivity index (χ4n) is 15.0. The number of nitrogens with one attached hydrogen (secondary N) is 3. The number of H-pyrrole nitrogens is 1. The van der Waals surface area contributed by atoms with Gasteiger partial charge in [-0.1, -0.05) is 83.9 Å². The summed E-state index contributed by atoms with van der Waals surface area (Å²) in [6.45, 7) is 9.13. The molecule has 16 heteroatoms. The van der Waals surface area contributed by atoms with E-state index in [2.05, 4.69) is 172 Å². The molecule has 1 spiro atoms. The Morgan fingerprint density at radius 2 is 1.59 bits per heavy atom. The Balaban J connectivity index is 1.04. The van der Waals surface area contributed by atoms with Gasteiger partial charge in [0.05, 0.1) is 29.3 Å².